The lowest BCUT2D eigenvalue weighted by Crippen LogP contribution is -2.19. The number of fused-ring (bicyclic) bond motifs is 1. The van der Waals surface area contributed by atoms with Crippen molar-refractivity contribution in [2.75, 3.05) is 11.9 Å². The van der Waals surface area contributed by atoms with Gasteiger partial charge in [0.2, 0.25) is 0 Å². The molecule has 0 saturated heterocycles. The van der Waals surface area contributed by atoms with Gasteiger partial charge in [0.1, 0.15) is 0 Å². The van der Waals surface area contributed by atoms with Gasteiger partial charge in [-0.05, 0) is 24.8 Å². The highest BCUT2D eigenvalue weighted by atomic mass is 14.9. The van der Waals surface area contributed by atoms with Gasteiger partial charge in [-0.1, -0.05) is 36.4 Å². The molecule has 0 heterocycles. The Hall–Kier alpha value is -1.54. The molecule has 0 aromatic heterocycles. The highest BCUT2D eigenvalue weighted by Crippen LogP contribution is 2.22. The number of nitrogens with two attached hydrogens (primary N) is 1. The molecule has 1 unspecified atom stereocenters. The number of hydrogen-bond donors (Lipinski definition) is 2. The van der Waals surface area contributed by atoms with Crippen LogP contribution >= 0.6 is 0 Å². The van der Waals surface area contributed by atoms with Crippen molar-refractivity contribution in [3.63, 3.8) is 0 Å². The summed E-state index contributed by atoms with van der Waals surface area (Å²) in [5.41, 5.74) is 6.92. The fourth-order valence-corrected chi connectivity index (χ4v) is 1.81. The van der Waals surface area contributed by atoms with E-state index in [0.29, 0.717) is 0 Å². The normalized spacial score (nSPS) is 12.6. The first kappa shape index (κ1) is 11.0. The van der Waals surface area contributed by atoms with Gasteiger partial charge in [-0.2, -0.15) is 0 Å². The largest absolute Gasteiger partial charge is 0.384 e. The maximum atomic E-state index is 5.73. The quantitative estimate of drug-likeness (QED) is 0.821. The zero-order chi connectivity index (χ0) is 11.4. The maximum absolute atomic E-state index is 5.73. The van der Waals surface area contributed by atoms with Gasteiger partial charge in [-0.3, -0.25) is 0 Å². The fraction of sp³-hybridized carbons (Fsp3) is 0.286. The average Bonchev–Trinajstić information content (AvgIpc) is 2.29. The van der Waals surface area contributed by atoms with Crippen LogP contribution in [0, 0.1) is 0 Å². The standard InChI is InChI=1S/C14H18N2/c1-11(15)9-10-16-14-8-4-6-12-5-2-3-7-13(12)14/h2-8,11,16H,9-10,15H2,1H3. The van der Waals surface area contributed by atoms with Crippen LogP contribution in [0.1, 0.15) is 13.3 Å². The summed E-state index contributed by atoms with van der Waals surface area (Å²) in [4.78, 5) is 0. The Labute approximate surface area is 96.5 Å². The molecule has 2 aromatic rings. The van der Waals surface area contributed by atoms with Crippen LogP contribution in [0.4, 0.5) is 5.69 Å². The summed E-state index contributed by atoms with van der Waals surface area (Å²) in [6.45, 7) is 2.95. The van der Waals surface area contributed by atoms with E-state index < -0.39 is 0 Å². The van der Waals surface area contributed by atoms with Crippen molar-refractivity contribution >= 4 is 16.5 Å². The van der Waals surface area contributed by atoms with Gasteiger partial charge in [0, 0.05) is 23.7 Å². The Bertz CT molecular complexity index is 458. The molecular weight excluding hydrogens is 196 g/mol. The molecule has 2 rings (SSSR count). The molecule has 1 atom stereocenters. The number of benzene rings is 2. The summed E-state index contributed by atoms with van der Waals surface area (Å²) in [7, 11) is 0. The summed E-state index contributed by atoms with van der Waals surface area (Å²) in [6, 6.07) is 15.0. The van der Waals surface area contributed by atoms with E-state index in [0.717, 1.165) is 13.0 Å². The van der Waals surface area contributed by atoms with Crippen molar-refractivity contribution in [2.45, 2.75) is 19.4 Å². The number of rotatable bonds is 4. The van der Waals surface area contributed by atoms with Crippen LogP contribution in [0.5, 0.6) is 0 Å². The molecule has 0 aliphatic rings. The van der Waals surface area contributed by atoms with E-state index in [-0.39, 0.29) is 6.04 Å². The summed E-state index contributed by atoms with van der Waals surface area (Å²) in [5, 5.41) is 5.98. The number of hydrogen-bond acceptors (Lipinski definition) is 2. The van der Waals surface area contributed by atoms with Crippen LogP contribution in [0.25, 0.3) is 10.8 Å². The summed E-state index contributed by atoms with van der Waals surface area (Å²) in [6.07, 6.45) is 0.989. The zero-order valence-corrected chi connectivity index (χ0v) is 9.61. The lowest BCUT2D eigenvalue weighted by atomic mass is 10.1. The van der Waals surface area contributed by atoms with E-state index in [2.05, 4.69) is 47.8 Å². The third-order valence-corrected chi connectivity index (χ3v) is 2.70. The molecule has 3 N–H and O–H groups in total. The molecule has 0 bridgehead atoms. The molecule has 0 aliphatic heterocycles. The topological polar surface area (TPSA) is 38.0 Å². The second-order valence-electron chi connectivity index (χ2n) is 4.22. The van der Waals surface area contributed by atoms with Gasteiger partial charge in [0.15, 0.2) is 0 Å². The predicted molar refractivity (Wildman–Crippen MR) is 70.7 cm³/mol. The van der Waals surface area contributed by atoms with Crippen molar-refractivity contribution in [3.05, 3.63) is 42.5 Å². The third-order valence-electron chi connectivity index (χ3n) is 2.70. The molecule has 0 saturated carbocycles. The van der Waals surface area contributed by atoms with E-state index in [1.165, 1.54) is 16.5 Å². The van der Waals surface area contributed by atoms with Crippen molar-refractivity contribution < 1.29 is 0 Å². The molecule has 2 aromatic carbocycles. The van der Waals surface area contributed by atoms with Crippen molar-refractivity contribution in [1.82, 2.24) is 0 Å². The first-order chi connectivity index (χ1) is 7.77. The van der Waals surface area contributed by atoms with E-state index in [1.54, 1.807) is 0 Å². The van der Waals surface area contributed by atoms with E-state index in [9.17, 15) is 0 Å². The molecule has 0 radical (unpaired) electrons. The van der Waals surface area contributed by atoms with E-state index >= 15 is 0 Å². The van der Waals surface area contributed by atoms with Crippen molar-refractivity contribution in [2.24, 2.45) is 5.73 Å². The van der Waals surface area contributed by atoms with Crippen LogP contribution in [0.2, 0.25) is 0 Å². The Morgan fingerprint density at radius 3 is 2.69 bits per heavy atom. The minimum absolute atomic E-state index is 0.252. The Morgan fingerprint density at radius 2 is 1.88 bits per heavy atom. The van der Waals surface area contributed by atoms with Crippen LogP contribution < -0.4 is 11.1 Å². The van der Waals surface area contributed by atoms with Gasteiger partial charge in [-0.25, -0.2) is 0 Å². The molecule has 0 aliphatic carbocycles. The van der Waals surface area contributed by atoms with E-state index in [4.69, 9.17) is 5.73 Å². The lowest BCUT2D eigenvalue weighted by molar-refractivity contribution is 0.690. The number of nitrogens with one attached hydrogen (secondary N) is 1. The molecule has 0 fully saturated rings. The summed E-state index contributed by atoms with van der Waals surface area (Å²) in [5.74, 6) is 0. The molecular formula is C14H18N2. The average molecular weight is 214 g/mol. The molecule has 0 amide bonds. The second-order valence-corrected chi connectivity index (χ2v) is 4.22. The van der Waals surface area contributed by atoms with Crippen LogP contribution in [0.3, 0.4) is 0 Å². The van der Waals surface area contributed by atoms with Crippen molar-refractivity contribution in [1.29, 1.82) is 0 Å². The van der Waals surface area contributed by atoms with Gasteiger partial charge in [0.05, 0.1) is 0 Å². The predicted octanol–water partition coefficient (Wildman–Crippen LogP) is 2.99. The van der Waals surface area contributed by atoms with Gasteiger partial charge < -0.3 is 11.1 Å². The number of anilines is 1. The van der Waals surface area contributed by atoms with Crippen LogP contribution in [-0.2, 0) is 0 Å². The molecule has 16 heavy (non-hydrogen) atoms. The zero-order valence-electron chi connectivity index (χ0n) is 9.61. The van der Waals surface area contributed by atoms with Gasteiger partial charge >= 0.3 is 0 Å². The van der Waals surface area contributed by atoms with Gasteiger partial charge in [0.25, 0.3) is 0 Å². The fourth-order valence-electron chi connectivity index (χ4n) is 1.81. The minimum Gasteiger partial charge on any atom is -0.384 e. The van der Waals surface area contributed by atoms with Crippen molar-refractivity contribution in [3.8, 4) is 0 Å². The Kier molecular flexibility index (Phi) is 3.42. The highest BCUT2D eigenvalue weighted by molar-refractivity contribution is 5.93. The Morgan fingerprint density at radius 1 is 1.12 bits per heavy atom. The summed E-state index contributed by atoms with van der Waals surface area (Å²) < 4.78 is 0. The lowest BCUT2D eigenvalue weighted by Gasteiger charge is -2.10. The first-order valence-electron chi connectivity index (χ1n) is 5.74. The smallest absolute Gasteiger partial charge is 0.0419 e. The molecule has 84 valence electrons. The monoisotopic (exact) mass is 214 g/mol. The van der Waals surface area contributed by atoms with Crippen LogP contribution in [0.15, 0.2) is 42.5 Å². The molecule has 2 heteroatoms. The maximum Gasteiger partial charge on any atom is 0.0419 e. The van der Waals surface area contributed by atoms with Crippen LogP contribution in [-0.4, -0.2) is 12.6 Å². The van der Waals surface area contributed by atoms with E-state index in [1.807, 2.05) is 6.92 Å². The molecule has 2 nitrogen and oxygen atoms in total. The SMILES string of the molecule is CC(N)CCNc1cccc2ccccc12. The summed E-state index contributed by atoms with van der Waals surface area (Å²) >= 11 is 0. The first-order valence-corrected chi connectivity index (χ1v) is 5.74. The highest BCUT2D eigenvalue weighted by Gasteiger charge is 1.99. The minimum atomic E-state index is 0.252. The second kappa shape index (κ2) is 4.99. The Balaban J connectivity index is 2.17. The van der Waals surface area contributed by atoms with Gasteiger partial charge in [-0.15, -0.1) is 0 Å². The third kappa shape index (κ3) is 2.52. The molecule has 0 spiro atoms.